The molecule has 0 bridgehead atoms. The molecule has 2 saturated heterocycles. The van der Waals surface area contributed by atoms with Crippen LogP contribution in [0.3, 0.4) is 0 Å². The second-order valence-corrected chi connectivity index (χ2v) is 8.21. The quantitative estimate of drug-likeness (QED) is 0.781. The van der Waals surface area contributed by atoms with Gasteiger partial charge < -0.3 is 4.74 Å². The van der Waals surface area contributed by atoms with Crippen molar-refractivity contribution in [3.63, 3.8) is 0 Å². The van der Waals surface area contributed by atoms with Crippen molar-refractivity contribution in [1.82, 2.24) is 13.9 Å². The maximum absolute atomic E-state index is 12.2. The summed E-state index contributed by atoms with van der Waals surface area (Å²) in [6.07, 6.45) is 3.01. The lowest BCUT2D eigenvalue weighted by Crippen LogP contribution is -2.51. The van der Waals surface area contributed by atoms with E-state index < -0.39 is 10.2 Å². The standard InChI is InChI=1S/C14H29N3O3S/c1-13(2)11-16-8-9-20-14(12-16)10-15-21(18,19)17-6-4-3-5-7-17/h13-15H,3-12H2,1-2H3/t14-/m0/s1. The lowest BCUT2D eigenvalue weighted by molar-refractivity contribution is -0.0281. The molecule has 2 rings (SSSR count). The second kappa shape index (κ2) is 7.87. The van der Waals surface area contributed by atoms with E-state index in [1.807, 2.05) is 0 Å². The Bertz CT molecular complexity index is 408. The molecule has 0 aromatic heterocycles. The van der Waals surface area contributed by atoms with Gasteiger partial charge in [-0.25, -0.2) is 0 Å². The summed E-state index contributed by atoms with van der Waals surface area (Å²) in [4.78, 5) is 2.36. The van der Waals surface area contributed by atoms with E-state index in [1.165, 1.54) is 0 Å². The van der Waals surface area contributed by atoms with Gasteiger partial charge in [0.2, 0.25) is 0 Å². The normalized spacial score (nSPS) is 26.3. The molecule has 0 radical (unpaired) electrons. The molecule has 2 aliphatic rings. The minimum absolute atomic E-state index is 0.0444. The van der Waals surface area contributed by atoms with Crippen LogP contribution in [-0.4, -0.2) is 69.6 Å². The Morgan fingerprint density at radius 3 is 2.57 bits per heavy atom. The van der Waals surface area contributed by atoms with E-state index >= 15 is 0 Å². The highest BCUT2D eigenvalue weighted by atomic mass is 32.2. The van der Waals surface area contributed by atoms with Crippen molar-refractivity contribution in [3.05, 3.63) is 0 Å². The van der Waals surface area contributed by atoms with Gasteiger partial charge in [0.05, 0.1) is 12.7 Å². The van der Waals surface area contributed by atoms with Crippen LogP contribution in [0.5, 0.6) is 0 Å². The van der Waals surface area contributed by atoms with Crippen molar-refractivity contribution < 1.29 is 13.2 Å². The molecule has 6 nitrogen and oxygen atoms in total. The Morgan fingerprint density at radius 1 is 1.19 bits per heavy atom. The van der Waals surface area contributed by atoms with E-state index in [2.05, 4.69) is 23.5 Å². The van der Waals surface area contributed by atoms with E-state index in [-0.39, 0.29) is 6.10 Å². The summed E-state index contributed by atoms with van der Waals surface area (Å²) in [6, 6.07) is 0. The first-order valence-corrected chi connectivity index (χ1v) is 9.50. The topological polar surface area (TPSA) is 61.9 Å². The highest BCUT2D eigenvalue weighted by Gasteiger charge is 2.26. The molecule has 0 saturated carbocycles. The van der Waals surface area contributed by atoms with Gasteiger partial charge in [-0.2, -0.15) is 17.4 Å². The van der Waals surface area contributed by atoms with Crippen molar-refractivity contribution in [2.45, 2.75) is 39.2 Å². The van der Waals surface area contributed by atoms with Crippen LogP contribution in [-0.2, 0) is 14.9 Å². The number of rotatable bonds is 6. The molecule has 2 fully saturated rings. The molecule has 0 amide bonds. The molecule has 124 valence electrons. The van der Waals surface area contributed by atoms with E-state index in [9.17, 15) is 8.42 Å². The molecule has 2 heterocycles. The zero-order valence-corrected chi connectivity index (χ0v) is 14.1. The fourth-order valence-electron chi connectivity index (χ4n) is 2.98. The molecule has 1 atom stereocenters. The maximum Gasteiger partial charge on any atom is 0.279 e. The van der Waals surface area contributed by atoms with Gasteiger partial charge in [-0.1, -0.05) is 20.3 Å². The molecule has 0 aromatic rings. The first kappa shape index (κ1) is 17.1. The molecule has 1 N–H and O–H groups in total. The van der Waals surface area contributed by atoms with Crippen molar-refractivity contribution >= 4 is 10.2 Å². The van der Waals surface area contributed by atoms with Crippen LogP contribution in [0.25, 0.3) is 0 Å². The fraction of sp³-hybridized carbons (Fsp3) is 1.00. The lowest BCUT2D eigenvalue weighted by atomic mass is 10.2. The zero-order valence-electron chi connectivity index (χ0n) is 13.3. The highest BCUT2D eigenvalue weighted by Crippen LogP contribution is 2.12. The Labute approximate surface area is 129 Å². The predicted octanol–water partition coefficient (Wildman–Crippen LogP) is 0.664. The third kappa shape index (κ3) is 5.49. The van der Waals surface area contributed by atoms with Crippen LogP contribution in [0.4, 0.5) is 0 Å². The fourth-order valence-corrected chi connectivity index (χ4v) is 4.30. The van der Waals surface area contributed by atoms with E-state index in [0.29, 0.717) is 32.2 Å². The molecular formula is C14H29N3O3S. The third-order valence-corrected chi connectivity index (χ3v) is 5.57. The molecule has 0 unspecified atom stereocenters. The van der Waals surface area contributed by atoms with Gasteiger partial charge >= 0.3 is 0 Å². The molecule has 0 spiro atoms. The molecule has 21 heavy (non-hydrogen) atoms. The summed E-state index contributed by atoms with van der Waals surface area (Å²) in [5.41, 5.74) is 0. The summed E-state index contributed by atoms with van der Waals surface area (Å²) in [5.74, 6) is 0.619. The largest absolute Gasteiger partial charge is 0.374 e. The van der Waals surface area contributed by atoms with Crippen molar-refractivity contribution in [1.29, 1.82) is 0 Å². The first-order chi connectivity index (χ1) is 9.97. The van der Waals surface area contributed by atoms with Crippen LogP contribution in [0.2, 0.25) is 0 Å². The van der Waals surface area contributed by atoms with Crippen LogP contribution >= 0.6 is 0 Å². The van der Waals surface area contributed by atoms with Gasteiger partial charge in [-0.3, -0.25) is 4.90 Å². The molecular weight excluding hydrogens is 290 g/mol. The van der Waals surface area contributed by atoms with Crippen LogP contribution in [0.1, 0.15) is 33.1 Å². The van der Waals surface area contributed by atoms with Gasteiger partial charge in [0.25, 0.3) is 10.2 Å². The second-order valence-electron chi connectivity index (χ2n) is 6.46. The van der Waals surface area contributed by atoms with Crippen molar-refractivity contribution in [2.75, 3.05) is 45.9 Å². The first-order valence-electron chi connectivity index (χ1n) is 8.06. The number of nitrogens with one attached hydrogen (secondary N) is 1. The maximum atomic E-state index is 12.2. The van der Waals surface area contributed by atoms with Crippen LogP contribution < -0.4 is 4.72 Å². The lowest BCUT2D eigenvalue weighted by Gasteiger charge is -2.34. The molecule has 2 aliphatic heterocycles. The number of nitrogens with zero attached hydrogens (tertiary/aromatic N) is 2. The molecule has 0 aromatic carbocycles. The van der Waals surface area contributed by atoms with Gasteiger partial charge in [-0.15, -0.1) is 0 Å². The minimum atomic E-state index is -3.34. The smallest absolute Gasteiger partial charge is 0.279 e. The van der Waals surface area contributed by atoms with E-state index in [1.54, 1.807) is 4.31 Å². The van der Waals surface area contributed by atoms with E-state index in [0.717, 1.165) is 38.9 Å². The SMILES string of the molecule is CC(C)CN1CCO[C@@H](CNS(=O)(=O)N2CCCCC2)C1. The Kier molecular flexibility index (Phi) is 6.43. The number of ether oxygens (including phenoxy) is 1. The Morgan fingerprint density at radius 2 is 1.90 bits per heavy atom. The summed E-state index contributed by atoms with van der Waals surface area (Å²) in [6.45, 7) is 9.51. The number of morpholine rings is 1. The summed E-state index contributed by atoms with van der Waals surface area (Å²) in [7, 11) is -3.34. The van der Waals surface area contributed by atoms with Gasteiger partial charge in [-0.05, 0) is 18.8 Å². The monoisotopic (exact) mass is 319 g/mol. The highest BCUT2D eigenvalue weighted by molar-refractivity contribution is 7.87. The average molecular weight is 319 g/mol. The molecule has 0 aliphatic carbocycles. The minimum Gasteiger partial charge on any atom is -0.374 e. The van der Waals surface area contributed by atoms with Crippen molar-refractivity contribution in [3.8, 4) is 0 Å². The predicted molar refractivity (Wildman–Crippen MR) is 83.4 cm³/mol. The molecule has 7 heteroatoms. The summed E-state index contributed by atoms with van der Waals surface area (Å²) >= 11 is 0. The van der Waals surface area contributed by atoms with Gasteiger partial charge in [0.1, 0.15) is 0 Å². The number of piperidine rings is 1. The average Bonchev–Trinajstić information content (AvgIpc) is 2.46. The van der Waals surface area contributed by atoms with Crippen molar-refractivity contribution in [2.24, 2.45) is 5.92 Å². The van der Waals surface area contributed by atoms with Gasteiger partial charge in [0.15, 0.2) is 0 Å². The Hall–Kier alpha value is -0.210. The number of hydrogen-bond donors (Lipinski definition) is 1. The third-order valence-electron chi connectivity index (χ3n) is 3.99. The number of hydrogen-bond acceptors (Lipinski definition) is 4. The van der Waals surface area contributed by atoms with Crippen LogP contribution in [0.15, 0.2) is 0 Å². The van der Waals surface area contributed by atoms with E-state index in [4.69, 9.17) is 4.74 Å². The van der Waals surface area contributed by atoms with Crippen LogP contribution in [0, 0.1) is 5.92 Å². The van der Waals surface area contributed by atoms with Gasteiger partial charge in [0, 0.05) is 39.3 Å². The summed E-state index contributed by atoms with van der Waals surface area (Å²) < 4.78 is 34.4. The zero-order chi connectivity index (χ0) is 15.3. The Balaban J connectivity index is 1.78. The summed E-state index contributed by atoms with van der Waals surface area (Å²) in [5, 5.41) is 0.